The maximum atomic E-state index is 6.29. The summed E-state index contributed by atoms with van der Waals surface area (Å²) in [5.74, 6) is 0.745. The molecule has 0 amide bonds. The van der Waals surface area contributed by atoms with Crippen molar-refractivity contribution in [2.45, 2.75) is 6.92 Å². The molecule has 9 rings (SSSR count). The van der Waals surface area contributed by atoms with Gasteiger partial charge in [0.1, 0.15) is 33.7 Å². The molecule has 47 heavy (non-hydrogen) atoms. The highest BCUT2D eigenvalue weighted by molar-refractivity contribution is 6.09. The maximum absolute atomic E-state index is 6.29. The van der Waals surface area contributed by atoms with Crippen molar-refractivity contribution >= 4 is 84.1 Å². The van der Waals surface area contributed by atoms with Crippen molar-refractivity contribution in [3.8, 4) is 11.1 Å². The van der Waals surface area contributed by atoms with Crippen LogP contribution in [-0.2, 0) is 0 Å². The van der Waals surface area contributed by atoms with Crippen molar-refractivity contribution in [2.24, 2.45) is 0 Å². The molecule has 5 nitrogen and oxygen atoms in total. The quantitative estimate of drug-likeness (QED) is 0.188. The molecule has 5 aromatic carbocycles. The molecular weight excluding hydrogens is 580 g/mol. The minimum absolute atomic E-state index is 0.745. The molecule has 224 valence electrons. The van der Waals surface area contributed by atoms with Gasteiger partial charge >= 0.3 is 0 Å². The van der Waals surface area contributed by atoms with Gasteiger partial charge in [-0.2, -0.15) is 0 Å². The topological polar surface area (TPSA) is 55.6 Å². The minimum atomic E-state index is 0.745. The van der Waals surface area contributed by atoms with Gasteiger partial charge < -0.3 is 18.2 Å². The van der Waals surface area contributed by atoms with E-state index in [1.165, 1.54) is 0 Å². The highest BCUT2D eigenvalue weighted by atomic mass is 16.3. The average molecular weight is 609 g/mol. The number of nitrogens with zero attached hydrogens (tertiary/aromatic N) is 2. The van der Waals surface area contributed by atoms with Crippen LogP contribution in [0, 0.1) is 0 Å². The zero-order valence-electron chi connectivity index (χ0n) is 25.6. The van der Waals surface area contributed by atoms with Crippen molar-refractivity contribution in [1.29, 1.82) is 0 Å². The molecular formula is C42H28N2O3. The molecule has 0 atom stereocenters. The smallest absolute Gasteiger partial charge is 0.138 e. The average Bonchev–Trinajstić information content (AvgIpc) is 3.80. The molecule has 4 heterocycles. The van der Waals surface area contributed by atoms with Crippen molar-refractivity contribution < 1.29 is 13.3 Å². The van der Waals surface area contributed by atoms with Crippen LogP contribution in [0.3, 0.4) is 0 Å². The van der Waals surface area contributed by atoms with Crippen molar-refractivity contribution in [3.63, 3.8) is 0 Å². The summed E-state index contributed by atoms with van der Waals surface area (Å²) in [6.07, 6.45) is 9.52. The van der Waals surface area contributed by atoms with E-state index < -0.39 is 0 Å². The first-order valence-electron chi connectivity index (χ1n) is 15.6. The van der Waals surface area contributed by atoms with Gasteiger partial charge in [0.05, 0.1) is 11.1 Å². The molecule has 0 bridgehead atoms. The van der Waals surface area contributed by atoms with Gasteiger partial charge in [0.2, 0.25) is 0 Å². The highest BCUT2D eigenvalue weighted by Gasteiger charge is 2.22. The molecule has 0 aliphatic heterocycles. The van der Waals surface area contributed by atoms with E-state index in [9.17, 15) is 0 Å². The van der Waals surface area contributed by atoms with Crippen LogP contribution in [0.2, 0.25) is 0 Å². The van der Waals surface area contributed by atoms with E-state index in [-0.39, 0.29) is 0 Å². The standard InChI is InChI=1S/C42H28N2O3/c1-3-8-31-36(4-2)45-41-12-7-10-35(42(31)41)44(29-18-20-39-33(24-29)30-9-5-6-11-37(30)46-39)28-16-13-26(14-17-28)27-15-19-38-32(23-27)34-25-43-22-21-40(34)47-38/h3-25H,2H2,1H3/b8-3-. The second kappa shape index (κ2) is 10.6. The van der Waals surface area contributed by atoms with Crippen LogP contribution in [0.5, 0.6) is 0 Å². The number of furan rings is 3. The van der Waals surface area contributed by atoms with E-state index in [2.05, 4.69) is 89.3 Å². The number of pyridine rings is 1. The van der Waals surface area contributed by atoms with Crippen LogP contribution in [0.4, 0.5) is 17.1 Å². The van der Waals surface area contributed by atoms with E-state index in [1.807, 2.05) is 61.7 Å². The Morgan fingerprint density at radius 3 is 2.15 bits per heavy atom. The Morgan fingerprint density at radius 1 is 0.617 bits per heavy atom. The number of anilines is 3. The van der Waals surface area contributed by atoms with Gasteiger partial charge in [-0.1, -0.05) is 61.2 Å². The summed E-state index contributed by atoms with van der Waals surface area (Å²) in [6, 6.07) is 37.7. The Labute approximate surface area is 270 Å². The second-order valence-corrected chi connectivity index (χ2v) is 11.6. The Balaban J connectivity index is 1.24. The maximum Gasteiger partial charge on any atom is 0.138 e. The van der Waals surface area contributed by atoms with E-state index in [0.717, 1.165) is 94.4 Å². The zero-order chi connectivity index (χ0) is 31.5. The molecule has 4 aromatic heterocycles. The van der Waals surface area contributed by atoms with E-state index in [0.29, 0.717) is 0 Å². The van der Waals surface area contributed by atoms with Crippen LogP contribution in [0.15, 0.2) is 147 Å². The monoisotopic (exact) mass is 608 g/mol. The van der Waals surface area contributed by atoms with Crippen LogP contribution in [0.1, 0.15) is 18.2 Å². The van der Waals surface area contributed by atoms with Crippen molar-refractivity contribution in [2.75, 3.05) is 4.90 Å². The Hall–Kier alpha value is -6.33. The molecule has 0 spiro atoms. The normalized spacial score (nSPS) is 11.9. The van der Waals surface area contributed by atoms with Crippen LogP contribution >= 0.6 is 0 Å². The Kier molecular flexibility index (Phi) is 6.12. The van der Waals surface area contributed by atoms with E-state index >= 15 is 0 Å². The summed E-state index contributed by atoms with van der Waals surface area (Å²) in [5, 5.41) is 5.24. The number of fused-ring (bicyclic) bond motifs is 7. The second-order valence-electron chi connectivity index (χ2n) is 11.6. The molecule has 9 aromatic rings. The Bertz CT molecular complexity index is 2670. The fourth-order valence-electron chi connectivity index (χ4n) is 6.73. The van der Waals surface area contributed by atoms with E-state index in [4.69, 9.17) is 13.3 Å². The number of rotatable bonds is 6. The fourth-order valence-corrected chi connectivity index (χ4v) is 6.73. The van der Waals surface area contributed by atoms with Gasteiger partial charge in [-0.25, -0.2) is 0 Å². The van der Waals surface area contributed by atoms with Crippen LogP contribution < -0.4 is 4.90 Å². The Morgan fingerprint density at radius 2 is 1.32 bits per heavy atom. The molecule has 0 radical (unpaired) electrons. The lowest BCUT2D eigenvalue weighted by Crippen LogP contribution is -2.10. The fraction of sp³-hybridized carbons (Fsp3) is 0.0238. The summed E-state index contributed by atoms with van der Waals surface area (Å²) in [5.41, 5.74) is 10.5. The number of hydrogen-bond acceptors (Lipinski definition) is 5. The third-order valence-electron chi connectivity index (χ3n) is 8.87. The number of benzene rings is 5. The molecule has 0 aliphatic rings. The van der Waals surface area contributed by atoms with Crippen LogP contribution in [-0.4, -0.2) is 4.98 Å². The lowest BCUT2D eigenvalue weighted by Gasteiger charge is -2.26. The lowest BCUT2D eigenvalue weighted by atomic mass is 10.0. The number of hydrogen-bond donors (Lipinski definition) is 0. The summed E-state index contributed by atoms with van der Waals surface area (Å²) >= 11 is 0. The molecule has 0 N–H and O–H groups in total. The SMILES string of the molecule is C=Cc1oc2cccc(N(c3ccc(-c4ccc5oc6ccncc6c5c4)cc3)c3ccc4oc5ccccc5c4c3)c2c1/C=C\C. The van der Waals surface area contributed by atoms with Gasteiger partial charge in [-0.15, -0.1) is 0 Å². The van der Waals surface area contributed by atoms with Gasteiger partial charge in [0.25, 0.3) is 0 Å². The first kappa shape index (κ1) is 27.0. The molecule has 0 saturated heterocycles. The van der Waals surface area contributed by atoms with Gasteiger partial charge in [0, 0.05) is 50.9 Å². The zero-order valence-corrected chi connectivity index (χ0v) is 25.6. The predicted molar refractivity (Wildman–Crippen MR) is 193 cm³/mol. The lowest BCUT2D eigenvalue weighted by molar-refractivity contribution is 0.603. The number of para-hydroxylation sites is 1. The number of aromatic nitrogens is 1. The van der Waals surface area contributed by atoms with Crippen molar-refractivity contribution in [1.82, 2.24) is 4.98 Å². The third kappa shape index (κ3) is 4.28. The van der Waals surface area contributed by atoms with Crippen molar-refractivity contribution in [3.05, 3.63) is 146 Å². The third-order valence-corrected chi connectivity index (χ3v) is 8.87. The first-order chi connectivity index (χ1) is 23.2. The van der Waals surface area contributed by atoms with Gasteiger partial charge in [-0.3, -0.25) is 4.98 Å². The van der Waals surface area contributed by atoms with Gasteiger partial charge in [0.15, 0.2) is 0 Å². The molecule has 0 unspecified atom stereocenters. The molecule has 0 saturated carbocycles. The minimum Gasteiger partial charge on any atom is -0.456 e. The first-order valence-corrected chi connectivity index (χ1v) is 15.6. The summed E-state index contributed by atoms with van der Waals surface area (Å²) in [7, 11) is 0. The highest BCUT2D eigenvalue weighted by Crippen LogP contribution is 2.44. The van der Waals surface area contributed by atoms with E-state index in [1.54, 1.807) is 12.3 Å². The largest absolute Gasteiger partial charge is 0.456 e. The molecule has 0 aliphatic carbocycles. The molecule has 0 fully saturated rings. The van der Waals surface area contributed by atoms with Gasteiger partial charge in [-0.05, 0) is 90.9 Å². The summed E-state index contributed by atoms with van der Waals surface area (Å²) in [4.78, 5) is 6.61. The molecule has 5 heteroatoms. The van der Waals surface area contributed by atoms with Crippen LogP contribution in [0.25, 0.3) is 78.1 Å². The summed E-state index contributed by atoms with van der Waals surface area (Å²) in [6.45, 7) is 6.04. The predicted octanol–water partition coefficient (Wildman–Crippen LogP) is 12.4. The number of allylic oxidation sites excluding steroid dienone is 1. The summed E-state index contributed by atoms with van der Waals surface area (Å²) < 4.78 is 18.5.